The van der Waals surface area contributed by atoms with Crippen LogP contribution in [0.5, 0.6) is 0 Å². The van der Waals surface area contributed by atoms with Crippen LogP contribution in [0.25, 0.3) is 0 Å². The highest BCUT2D eigenvalue weighted by Gasteiger charge is 2.00. The first-order chi connectivity index (χ1) is 7.72. The van der Waals surface area contributed by atoms with Crippen molar-refractivity contribution in [3.8, 4) is 0 Å². The maximum absolute atomic E-state index is 11.1. The molecule has 1 aromatic heterocycles. The van der Waals surface area contributed by atoms with Gasteiger partial charge in [0, 0.05) is 30.6 Å². The molecule has 1 aromatic rings. The highest BCUT2D eigenvalue weighted by Crippen LogP contribution is 2.11. The van der Waals surface area contributed by atoms with E-state index in [1.807, 2.05) is 6.92 Å². The second-order valence-corrected chi connectivity index (χ2v) is 4.67. The number of nitrogens with two attached hydrogens (primary N) is 1. The van der Waals surface area contributed by atoms with Crippen LogP contribution in [0.1, 0.15) is 30.0 Å². The molecule has 1 rings (SSSR count). The fourth-order valence-electron chi connectivity index (χ4n) is 1.37. The summed E-state index contributed by atoms with van der Waals surface area (Å²) < 4.78 is 0. The van der Waals surface area contributed by atoms with Gasteiger partial charge in [0.15, 0.2) is 0 Å². The number of rotatable bonds is 7. The molecule has 1 heterocycles. The van der Waals surface area contributed by atoms with Crippen LogP contribution in [0.4, 0.5) is 0 Å². The molecule has 0 radical (unpaired) electrons. The summed E-state index contributed by atoms with van der Waals surface area (Å²) in [6.45, 7) is 3.17. The van der Waals surface area contributed by atoms with Crippen molar-refractivity contribution in [2.75, 3.05) is 13.1 Å². The van der Waals surface area contributed by atoms with Gasteiger partial charge in [0.05, 0.1) is 5.01 Å². The number of aromatic nitrogens is 1. The predicted molar refractivity (Wildman–Crippen MR) is 66.5 cm³/mol. The van der Waals surface area contributed by atoms with E-state index in [2.05, 4.69) is 15.7 Å². The Labute approximate surface area is 100 Å². The van der Waals surface area contributed by atoms with E-state index in [1.165, 1.54) is 5.01 Å². The van der Waals surface area contributed by atoms with E-state index in [1.54, 1.807) is 11.3 Å². The van der Waals surface area contributed by atoms with E-state index in [9.17, 15) is 4.79 Å². The molecule has 0 bridgehead atoms. The number of hydrogen-bond acceptors (Lipinski definition) is 4. The summed E-state index contributed by atoms with van der Waals surface area (Å²) in [6, 6.07) is 0. The van der Waals surface area contributed by atoms with E-state index in [0.29, 0.717) is 13.0 Å². The normalized spacial score (nSPS) is 10.4. The van der Waals surface area contributed by atoms with Crippen molar-refractivity contribution in [1.82, 2.24) is 10.3 Å². The molecule has 0 aliphatic heterocycles. The maximum atomic E-state index is 11.1. The third-order valence-corrected chi connectivity index (χ3v) is 3.20. The Hall–Kier alpha value is -0.940. The van der Waals surface area contributed by atoms with Gasteiger partial charge in [-0.25, -0.2) is 4.98 Å². The van der Waals surface area contributed by atoms with Gasteiger partial charge in [-0.3, -0.25) is 4.79 Å². The largest absolute Gasteiger partial charge is 0.356 e. The molecule has 3 N–H and O–H groups in total. The molecule has 0 aromatic carbocycles. The van der Waals surface area contributed by atoms with Gasteiger partial charge in [0.25, 0.3) is 0 Å². The molecule has 0 spiro atoms. The second-order valence-electron chi connectivity index (χ2n) is 3.73. The first kappa shape index (κ1) is 13.1. The molecular weight excluding hydrogens is 222 g/mol. The zero-order chi connectivity index (χ0) is 11.8. The van der Waals surface area contributed by atoms with Crippen LogP contribution in [0.15, 0.2) is 5.38 Å². The molecule has 0 fully saturated rings. The molecule has 5 heteroatoms. The number of amides is 1. The van der Waals surface area contributed by atoms with Crippen LogP contribution in [0.2, 0.25) is 0 Å². The van der Waals surface area contributed by atoms with Crippen molar-refractivity contribution in [2.24, 2.45) is 5.73 Å². The highest BCUT2D eigenvalue weighted by atomic mass is 32.1. The number of unbranched alkanes of at least 4 members (excludes halogenated alkanes) is 1. The van der Waals surface area contributed by atoms with Gasteiger partial charge in [-0.15, -0.1) is 11.3 Å². The van der Waals surface area contributed by atoms with Crippen molar-refractivity contribution in [3.05, 3.63) is 16.1 Å². The van der Waals surface area contributed by atoms with Gasteiger partial charge >= 0.3 is 0 Å². The molecule has 16 heavy (non-hydrogen) atoms. The SMILES string of the molecule is Cc1csc(CCCCNC(=O)CCN)n1. The maximum Gasteiger partial charge on any atom is 0.221 e. The Morgan fingerprint density at radius 2 is 2.38 bits per heavy atom. The Morgan fingerprint density at radius 3 is 3.00 bits per heavy atom. The van der Waals surface area contributed by atoms with Gasteiger partial charge in [0.1, 0.15) is 0 Å². The van der Waals surface area contributed by atoms with Gasteiger partial charge in [-0.2, -0.15) is 0 Å². The van der Waals surface area contributed by atoms with Crippen molar-refractivity contribution < 1.29 is 4.79 Å². The summed E-state index contributed by atoms with van der Waals surface area (Å²) in [6.07, 6.45) is 3.49. The number of nitrogens with zero attached hydrogens (tertiary/aromatic N) is 1. The van der Waals surface area contributed by atoms with Gasteiger partial charge in [-0.1, -0.05) is 0 Å². The number of carbonyl (C=O) groups is 1. The molecule has 0 aliphatic carbocycles. The number of hydrogen-bond donors (Lipinski definition) is 2. The summed E-state index contributed by atoms with van der Waals surface area (Å²) in [5.41, 5.74) is 6.36. The Morgan fingerprint density at radius 1 is 1.56 bits per heavy atom. The Balaban J connectivity index is 2.02. The van der Waals surface area contributed by atoms with E-state index in [4.69, 9.17) is 5.73 Å². The second kappa shape index (κ2) is 7.35. The van der Waals surface area contributed by atoms with Crippen molar-refractivity contribution >= 4 is 17.2 Å². The van der Waals surface area contributed by atoms with Crippen LogP contribution in [0.3, 0.4) is 0 Å². The average molecular weight is 241 g/mol. The van der Waals surface area contributed by atoms with Crippen molar-refractivity contribution in [2.45, 2.75) is 32.6 Å². The topological polar surface area (TPSA) is 68.0 Å². The standard InChI is InChI=1S/C11H19N3OS/c1-9-8-16-11(14-9)4-2-3-7-13-10(15)5-6-12/h8H,2-7,12H2,1H3,(H,13,15). The van der Waals surface area contributed by atoms with Crippen LogP contribution in [0, 0.1) is 6.92 Å². The highest BCUT2D eigenvalue weighted by molar-refractivity contribution is 7.09. The van der Waals surface area contributed by atoms with E-state index < -0.39 is 0 Å². The summed E-state index contributed by atoms with van der Waals surface area (Å²) >= 11 is 1.71. The molecule has 4 nitrogen and oxygen atoms in total. The first-order valence-electron chi connectivity index (χ1n) is 5.60. The lowest BCUT2D eigenvalue weighted by molar-refractivity contribution is -0.120. The zero-order valence-electron chi connectivity index (χ0n) is 9.66. The first-order valence-corrected chi connectivity index (χ1v) is 6.48. The minimum atomic E-state index is 0.0487. The molecule has 0 unspecified atom stereocenters. The summed E-state index contributed by atoms with van der Waals surface area (Å²) in [7, 11) is 0. The van der Waals surface area contributed by atoms with Crippen LogP contribution >= 0.6 is 11.3 Å². The monoisotopic (exact) mass is 241 g/mol. The Kier molecular flexibility index (Phi) is 6.03. The number of thiazole rings is 1. The quantitative estimate of drug-likeness (QED) is 0.706. The van der Waals surface area contributed by atoms with Gasteiger partial charge < -0.3 is 11.1 Å². The number of carbonyl (C=O) groups excluding carboxylic acids is 1. The number of aryl methyl sites for hydroxylation is 2. The molecule has 90 valence electrons. The van der Waals surface area contributed by atoms with E-state index >= 15 is 0 Å². The molecule has 0 atom stereocenters. The lowest BCUT2D eigenvalue weighted by Gasteiger charge is -2.03. The molecule has 0 aliphatic rings. The summed E-state index contributed by atoms with van der Waals surface area (Å²) in [5.74, 6) is 0.0487. The number of nitrogens with one attached hydrogen (secondary N) is 1. The average Bonchev–Trinajstić information content (AvgIpc) is 2.64. The summed E-state index contributed by atoms with van der Waals surface area (Å²) in [4.78, 5) is 15.5. The lowest BCUT2D eigenvalue weighted by Crippen LogP contribution is -2.26. The van der Waals surface area contributed by atoms with Crippen molar-refractivity contribution in [3.63, 3.8) is 0 Å². The molecular formula is C11H19N3OS. The van der Waals surface area contributed by atoms with Gasteiger partial charge in [0.2, 0.25) is 5.91 Å². The minimum absolute atomic E-state index is 0.0487. The Bertz CT molecular complexity index is 325. The van der Waals surface area contributed by atoms with E-state index in [0.717, 1.165) is 31.5 Å². The molecule has 1 amide bonds. The zero-order valence-corrected chi connectivity index (χ0v) is 10.5. The van der Waals surface area contributed by atoms with Crippen molar-refractivity contribution in [1.29, 1.82) is 0 Å². The van der Waals surface area contributed by atoms with E-state index in [-0.39, 0.29) is 5.91 Å². The third-order valence-electron chi connectivity index (χ3n) is 2.18. The van der Waals surface area contributed by atoms with Crippen LogP contribution in [-0.4, -0.2) is 24.0 Å². The minimum Gasteiger partial charge on any atom is -0.356 e. The lowest BCUT2D eigenvalue weighted by atomic mass is 10.2. The fourth-order valence-corrected chi connectivity index (χ4v) is 2.18. The predicted octanol–water partition coefficient (Wildman–Crippen LogP) is 1.24. The smallest absolute Gasteiger partial charge is 0.221 e. The molecule has 0 saturated heterocycles. The molecule has 0 saturated carbocycles. The fraction of sp³-hybridized carbons (Fsp3) is 0.636. The van der Waals surface area contributed by atoms with Crippen LogP contribution < -0.4 is 11.1 Å². The summed E-state index contributed by atoms with van der Waals surface area (Å²) in [5, 5.41) is 6.09. The van der Waals surface area contributed by atoms with Crippen LogP contribution in [-0.2, 0) is 11.2 Å². The van der Waals surface area contributed by atoms with Gasteiger partial charge in [-0.05, 0) is 26.2 Å². The third kappa shape index (κ3) is 5.23.